The van der Waals surface area contributed by atoms with E-state index in [4.69, 9.17) is 27.9 Å². The first-order valence-corrected chi connectivity index (χ1v) is 14.6. The smallest absolute Gasteiger partial charge is 0.330 e. The molecule has 1 heterocycles. The highest BCUT2D eigenvalue weighted by Gasteiger charge is 2.74. The molecule has 1 saturated heterocycles. The third kappa shape index (κ3) is 3.70. The number of alkyl halides is 2. The van der Waals surface area contributed by atoms with Crippen molar-refractivity contribution >= 4 is 46.8 Å². The third-order valence-electron chi connectivity index (χ3n) is 8.75. The molecule has 4 atom stereocenters. The molecule has 1 aliphatic heterocycles. The molecule has 3 aromatic carbocycles. The van der Waals surface area contributed by atoms with Crippen molar-refractivity contribution in [2.75, 3.05) is 0 Å². The van der Waals surface area contributed by atoms with Crippen LogP contribution in [0.2, 0.25) is 0 Å². The number of halogens is 2. The van der Waals surface area contributed by atoms with Crippen LogP contribution in [0, 0.1) is 17.8 Å². The molecule has 2 amide bonds. The van der Waals surface area contributed by atoms with E-state index in [9.17, 15) is 19.2 Å². The monoisotopic (exact) mass is 589 g/mol. The van der Waals surface area contributed by atoms with Gasteiger partial charge in [-0.2, -0.15) is 0 Å². The van der Waals surface area contributed by atoms with Gasteiger partial charge in [-0.3, -0.25) is 19.3 Å². The van der Waals surface area contributed by atoms with Gasteiger partial charge in [-0.05, 0) is 34.6 Å². The highest BCUT2D eigenvalue weighted by atomic mass is 35.5. The standard InChI is InChI=1S/C33H29Cl2NO5/c1-4-24(28(37)19-12-6-5-7-13-19)41-31(40)27(18(2)3)36-29(38)25-26(30(36)39)33(35)21-15-9-8-14-20(21)32(25,34)22-16-10-11-17-23(22)33/h5-18,24-27H,4H2,1-3H3/t24-,25-,26-,27-,32?,33?/m0/s1. The Bertz CT molecular complexity index is 1460. The number of benzene rings is 3. The summed E-state index contributed by atoms with van der Waals surface area (Å²) >= 11 is 15.0. The number of Topliss-reactive ketones (excluding diaryl/α,β-unsaturated/α-hetero) is 1. The van der Waals surface area contributed by atoms with E-state index in [-0.39, 0.29) is 12.2 Å². The summed E-state index contributed by atoms with van der Waals surface area (Å²) in [4.78, 5) is 53.9. The number of amides is 2. The largest absolute Gasteiger partial charge is 0.452 e. The summed E-state index contributed by atoms with van der Waals surface area (Å²) < 4.78 is 5.74. The van der Waals surface area contributed by atoms with Gasteiger partial charge in [-0.25, -0.2) is 4.79 Å². The van der Waals surface area contributed by atoms with Crippen molar-refractivity contribution in [3.63, 3.8) is 0 Å². The molecule has 0 saturated carbocycles. The van der Waals surface area contributed by atoms with Crippen molar-refractivity contribution < 1.29 is 23.9 Å². The minimum atomic E-state index is -1.35. The number of carbonyl (C=O) groups excluding carboxylic acids is 4. The molecule has 0 spiro atoms. The van der Waals surface area contributed by atoms with Gasteiger partial charge in [0.25, 0.3) is 0 Å². The summed E-state index contributed by atoms with van der Waals surface area (Å²) in [5.41, 5.74) is 3.14. The summed E-state index contributed by atoms with van der Waals surface area (Å²) in [5, 5.41) is 0. The lowest BCUT2D eigenvalue weighted by molar-refractivity contribution is -0.163. The average molecular weight is 591 g/mol. The maximum absolute atomic E-state index is 14.4. The third-order valence-corrected chi connectivity index (χ3v) is 10.0. The molecule has 7 rings (SSSR count). The molecular weight excluding hydrogens is 561 g/mol. The van der Waals surface area contributed by atoms with Gasteiger partial charge in [-0.15, -0.1) is 23.2 Å². The van der Waals surface area contributed by atoms with E-state index in [0.717, 1.165) is 4.90 Å². The van der Waals surface area contributed by atoms with Gasteiger partial charge in [-0.1, -0.05) is 99.6 Å². The van der Waals surface area contributed by atoms with Crippen molar-refractivity contribution in [3.05, 3.63) is 107 Å². The zero-order valence-electron chi connectivity index (χ0n) is 22.8. The molecule has 6 nitrogen and oxygen atoms in total. The molecule has 0 N–H and O–H groups in total. The zero-order chi connectivity index (χ0) is 29.3. The molecule has 210 valence electrons. The van der Waals surface area contributed by atoms with E-state index in [1.807, 2.05) is 48.5 Å². The molecule has 1 fully saturated rings. The summed E-state index contributed by atoms with van der Waals surface area (Å²) in [7, 11) is 0. The molecule has 41 heavy (non-hydrogen) atoms. The van der Waals surface area contributed by atoms with Gasteiger partial charge in [0.05, 0.1) is 11.8 Å². The van der Waals surface area contributed by atoms with Crippen LogP contribution in [-0.2, 0) is 28.9 Å². The average Bonchev–Trinajstić information content (AvgIpc) is 3.25. The van der Waals surface area contributed by atoms with Crippen LogP contribution >= 0.6 is 23.2 Å². The summed E-state index contributed by atoms with van der Waals surface area (Å²) in [6.45, 7) is 5.21. The molecule has 0 unspecified atom stereocenters. The first-order chi connectivity index (χ1) is 19.6. The number of carbonyl (C=O) groups is 4. The Kier molecular flexibility index (Phi) is 6.63. The molecule has 3 aliphatic carbocycles. The summed E-state index contributed by atoms with van der Waals surface area (Å²) in [6.07, 6.45) is -0.831. The van der Waals surface area contributed by atoms with Crippen LogP contribution in [0.5, 0.6) is 0 Å². The first-order valence-electron chi connectivity index (χ1n) is 13.8. The Hall–Kier alpha value is -3.48. The van der Waals surface area contributed by atoms with Crippen molar-refractivity contribution in [1.82, 2.24) is 4.90 Å². The van der Waals surface area contributed by atoms with Crippen LogP contribution < -0.4 is 0 Å². The first kappa shape index (κ1) is 27.7. The van der Waals surface area contributed by atoms with Crippen molar-refractivity contribution in [2.24, 2.45) is 17.8 Å². The lowest BCUT2D eigenvalue weighted by atomic mass is 9.54. The van der Waals surface area contributed by atoms with Gasteiger partial charge < -0.3 is 4.74 Å². The number of ketones is 1. The summed E-state index contributed by atoms with van der Waals surface area (Å²) in [5.74, 6) is -4.85. The highest BCUT2D eigenvalue weighted by molar-refractivity contribution is 6.36. The molecule has 3 aromatic rings. The predicted octanol–water partition coefficient (Wildman–Crippen LogP) is 5.81. The Morgan fingerprint density at radius 3 is 1.59 bits per heavy atom. The second kappa shape index (κ2) is 9.81. The molecule has 4 aliphatic rings. The number of imide groups is 1. The fourth-order valence-electron chi connectivity index (χ4n) is 6.96. The number of hydrogen-bond donors (Lipinski definition) is 0. The van der Waals surface area contributed by atoms with Gasteiger partial charge in [0.1, 0.15) is 15.8 Å². The van der Waals surface area contributed by atoms with E-state index in [0.29, 0.717) is 27.8 Å². The second-order valence-corrected chi connectivity index (χ2v) is 12.5. The van der Waals surface area contributed by atoms with Crippen molar-refractivity contribution in [2.45, 2.75) is 49.1 Å². The Labute approximate surface area is 248 Å². The van der Waals surface area contributed by atoms with Crippen molar-refractivity contribution in [1.29, 1.82) is 0 Å². The topological polar surface area (TPSA) is 80.8 Å². The Morgan fingerprint density at radius 2 is 1.20 bits per heavy atom. The highest BCUT2D eigenvalue weighted by Crippen LogP contribution is 2.69. The van der Waals surface area contributed by atoms with E-state index < -0.39 is 57.4 Å². The normalized spacial score (nSPS) is 27.2. The number of hydrogen-bond acceptors (Lipinski definition) is 5. The van der Waals surface area contributed by atoms with E-state index in [2.05, 4.69) is 0 Å². The van der Waals surface area contributed by atoms with Crippen LogP contribution in [-0.4, -0.2) is 40.6 Å². The Morgan fingerprint density at radius 1 is 0.780 bits per heavy atom. The molecule has 0 aromatic heterocycles. The van der Waals surface area contributed by atoms with E-state index >= 15 is 0 Å². The minimum absolute atomic E-state index is 0.234. The minimum Gasteiger partial charge on any atom is -0.452 e. The van der Waals surface area contributed by atoms with Gasteiger partial charge in [0, 0.05) is 5.56 Å². The quantitative estimate of drug-likeness (QED) is 0.150. The number of likely N-dealkylation sites (tertiary alicyclic amines) is 1. The summed E-state index contributed by atoms with van der Waals surface area (Å²) in [6, 6.07) is 22.0. The predicted molar refractivity (Wildman–Crippen MR) is 155 cm³/mol. The van der Waals surface area contributed by atoms with Gasteiger partial charge in [0.15, 0.2) is 6.10 Å². The Balaban J connectivity index is 1.41. The number of ether oxygens (including phenoxy) is 1. The van der Waals surface area contributed by atoms with Crippen LogP contribution in [0.3, 0.4) is 0 Å². The van der Waals surface area contributed by atoms with Crippen LogP contribution in [0.25, 0.3) is 0 Å². The SMILES string of the molecule is CC[C@H](OC(=O)[C@H](C(C)C)N1C(=O)[C@@H]2[C@@H](C1=O)C1(Cl)c3ccccc3C2(Cl)c2ccccc21)C(=O)c1ccccc1. The number of esters is 1. The maximum Gasteiger partial charge on any atom is 0.330 e. The zero-order valence-corrected chi connectivity index (χ0v) is 24.4. The molecular formula is C33H29Cl2NO5. The fourth-order valence-corrected chi connectivity index (χ4v) is 8.06. The van der Waals surface area contributed by atoms with Crippen LogP contribution in [0.4, 0.5) is 0 Å². The van der Waals surface area contributed by atoms with E-state index in [1.54, 1.807) is 51.1 Å². The van der Waals surface area contributed by atoms with Gasteiger partial charge >= 0.3 is 5.97 Å². The molecule has 8 heteroatoms. The number of rotatable bonds is 7. The van der Waals surface area contributed by atoms with Crippen molar-refractivity contribution in [3.8, 4) is 0 Å². The van der Waals surface area contributed by atoms with Gasteiger partial charge in [0.2, 0.25) is 17.6 Å². The fraction of sp³-hybridized carbons (Fsp3) is 0.333. The molecule has 0 radical (unpaired) electrons. The molecule has 2 bridgehead atoms. The lowest BCUT2D eigenvalue weighted by Gasteiger charge is -2.54. The number of nitrogens with zero attached hydrogens (tertiary/aromatic N) is 1. The second-order valence-electron chi connectivity index (χ2n) is 11.3. The lowest BCUT2D eigenvalue weighted by Crippen LogP contribution is -2.57. The van der Waals surface area contributed by atoms with E-state index in [1.165, 1.54) is 0 Å². The van der Waals surface area contributed by atoms with Crippen LogP contribution in [0.15, 0.2) is 78.9 Å². The maximum atomic E-state index is 14.4. The van der Waals surface area contributed by atoms with Crippen LogP contribution in [0.1, 0.15) is 59.8 Å².